The summed E-state index contributed by atoms with van der Waals surface area (Å²) in [5.74, 6) is -4.48. The number of hydrogen-bond donors (Lipinski definition) is 1. The number of fused-ring (bicyclic) bond motifs is 2. The van der Waals surface area contributed by atoms with Crippen LogP contribution in [-0.2, 0) is 10.7 Å². The zero-order valence-corrected chi connectivity index (χ0v) is 11.2. The second-order valence-electron chi connectivity index (χ2n) is 5.53. The van der Waals surface area contributed by atoms with Crippen molar-refractivity contribution in [2.24, 2.45) is 0 Å². The minimum atomic E-state index is -3.44. The van der Waals surface area contributed by atoms with Gasteiger partial charge < -0.3 is 10.2 Å². The summed E-state index contributed by atoms with van der Waals surface area (Å²) in [5, 5.41) is 3.22. The molecule has 2 aliphatic rings. The minimum Gasteiger partial charge on any atom is -0.330 e. The number of nitrogens with zero attached hydrogens (tertiary/aromatic N) is 1. The molecule has 1 aromatic rings. The van der Waals surface area contributed by atoms with Gasteiger partial charge in [0.2, 0.25) is 0 Å². The van der Waals surface area contributed by atoms with Crippen molar-refractivity contribution in [1.29, 1.82) is 0 Å². The third kappa shape index (κ3) is 2.20. The summed E-state index contributed by atoms with van der Waals surface area (Å²) in [7, 11) is 0. The van der Waals surface area contributed by atoms with E-state index in [-0.39, 0.29) is 17.6 Å². The normalized spacial score (nSPS) is 26.4. The minimum absolute atomic E-state index is 0.0444. The van der Waals surface area contributed by atoms with Gasteiger partial charge in [0, 0.05) is 24.2 Å². The highest BCUT2D eigenvalue weighted by Gasteiger charge is 2.49. The van der Waals surface area contributed by atoms with E-state index in [4.69, 9.17) is 0 Å². The molecule has 3 rings (SSSR count). The lowest BCUT2D eigenvalue weighted by atomic mass is 10.1. The van der Waals surface area contributed by atoms with Gasteiger partial charge in [0.25, 0.3) is 5.91 Å². The lowest BCUT2D eigenvalue weighted by molar-refractivity contribution is -0.162. The molecule has 0 saturated carbocycles. The predicted octanol–water partition coefficient (Wildman–Crippen LogP) is 2.13. The van der Waals surface area contributed by atoms with Crippen LogP contribution in [0.15, 0.2) is 30.3 Å². The van der Waals surface area contributed by atoms with Crippen molar-refractivity contribution < 1.29 is 13.6 Å². The van der Waals surface area contributed by atoms with Gasteiger partial charge in [-0.1, -0.05) is 30.3 Å². The molecule has 0 radical (unpaired) electrons. The summed E-state index contributed by atoms with van der Waals surface area (Å²) in [6, 6.07) is 7.24. The molecule has 0 spiro atoms. The van der Waals surface area contributed by atoms with Crippen LogP contribution >= 0.6 is 0 Å². The van der Waals surface area contributed by atoms with Gasteiger partial charge in [-0.2, -0.15) is 8.78 Å². The van der Waals surface area contributed by atoms with Crippen LogP contribution in [0.2, 0.25) is 0 Å². The molecule has 2 aliphatic heterocycles. The van der Waals surface area contributed by atoms with Gasteiger partial charge in [-0.3, -0.25) is 4.79 Å². The Kier molecular flexibility index (Phi) is 3.46. The van der Waals surface area contributed by atoms with E-state index in [1.165, 1.54) is 29.2 Å². The number of carbonyl (C=O) groups is 1. The molecule has 2 bridgehead atoms. The van der Waals surface area contributed by atoms with Crippen LogP contribution in [0, 0.1) is 0 Å². The lowest BCUT2D eigenvalue weighted by Crippen LogP contribution is -2.49. The third-order valence-corrected chi connectivity index (χ3v) is 4.29. The lowest BCUT2D eigenvalue weighted by Gasteiger charge is -2.31. The van der Waals surface area contributed by atoms with Crippen molar-refractivity contribution in [2.45, 2.75) is 37.3 Å². The molecule has 5 heteroatoms. The summed E-state index contributed by atoms with van der Waals surface area (Å²) >= 11 is 0. The number of alkyl halides is 2. The number of halogens is 2. The fourth-order valence-electron chi connectivity index (χ4n) is 3.25. The van der Waals surface area contributed by atoms with Gasteiger partial charge in [-0.15, -0.1) is 0 Å². The van der Waals surface area contributed by atoms with E-state index in [1.807, 2.05) is 0 Å². The maximum atomic E-state index is 14.4. The molecule has 1 aromatic carbocycles. The van der Waals surface area contributed by atoms with Crippen molar-refractivity contribution in [1.82, 2.24) is 10.2 Å². The summed E-state index contributed by atoms with van der Waals surface area (Å²) in [6.07, 6.45) is 2.41. The molecule has 2 saturated heterocycles. The quantitative estimate of drug-likeness (QED) is 0.900. The molecule has 2 heterocycles. The molecule has 108 valence electrons. The molecule has 3 nitrogen and oxygen atoms in total. The van der Waals surface area contributed by atoms with Gasteiger partial charge in [-0.25, -0.2) is 0 Å². The average molecular weight is 280 g/mol. The highest BCUT2D eigenvalue weighted by Crippen LogP contribution is 2.36. The fraction of sp³-hybridized carbons (Fsp3) is 0.533. The maximum absolute atomic E-state index is 14.4. The van der Waals surface area contributed by atoms with Gasteiger partial charge in [0.15, 0.2) is 0 Å². The zero-order valence-electron chi connectivity index (χ0n) is 11.2. The summed E-state index contributed by atoms with van der Waals surface area (Å²) in [5.41, 5.74) is -0.221. The number of nitrogens with one attached hydrogen (secondary N) is 1. The maximum Gasteiger partial charge on any atom is 0.349 e. The number of carbonyl (C=O) groups excluding carboxylic acids is 1. The van der Waals surface area contributed by atoms with E-state index in [2.05, 4.69) is 5.32 Å². The van der Waals surface area contributed by atoms with Crippen molar-refractivity contribution in [3.8, 4) is 0 Å². The Morgan fingerprint density at radius 1 is 1.15 bits per heavy atom. The SMILES string of the molecule is O=C(N1C2CCNCC1CC2)C(F)(F)c1ccccc1. The number of rotatable bonds is 2. The van der Waals surface area contributed by atoms with E-state index in [0.29, 0.717) is 6.54 Å². The number of benzene rings is 1. The first-order chi connectivity index (χ1) is 9.60. The van der Waals surface area contributed by atoms with Gasteiger partial charge >= 0.3 is 5.92 Å². The summed E-state index contributed by atoms with van der Waals surface area (Å²) < 4.78 is 28.9. The Balaban J connectivity index is 1.88. The van der Waals surface area contributed by atoms with E-state index < -0.39 is 11.8 Å². The van der Waals surface area contributed by atoms with Crippen LogP contribution < -0.4 is 5.32 Å². The molecular formula is C15H18F2N2O. The molecule has 2 atom stereocenters. The second-order valence-corrected chi connectivity index (χ2v) is 5.53. The van der Waals surface area contributed by atoms with E-state index in [9.17, 15) is 13.6 Å². The first-order valence-corrected chi connectivity index (χ1v) is 7.07. The Hall–Kier alpha value is -1.49. The molecule has 20 heavy (non-hydrogen) atoms. The topological polar surface area (TPSA) is 32.3 Å². The predicted molar refractivity (Wildman–Crippen MR) is 71.5 cm³/mol. The summed E-state index contributed by atoms with van der Waals surface area (Å²) in [4.78, 5) is 13.8. The Bertz CT molecular complexity index is 478. The first kappa shape index (κ1) is 13.5. The highest BCUT2D eigenvalue weighted by atomic mass is 19.3. The van der Waals surface area contributed by atoms with Crippen LogP contribution in [0.1, 0.15) is 24.8 Å². The molecule has 0 aliphatic carbocycles. The molecular weight excluding hydrogens is 262 g/mol. The number of amides is 1. The standard InChI is InChI=1S/C15H18F2N2O/c16-15(17,11-4-2-1-3-5-11)14(20)19-12-6-7-13(19)10-18-9-8-12/h1-5,12-13,18H,6-10H2. The molecule has 2 unspecified atom stereocenters. The van der Waals surface area contributed by atoms with Gasteiger partial charge in [0.1, 0.15) is 0 Å². The van der Waals surface area contributed by atoms with Crippen molar-refractivity contribution in [2.75, 3.05) is 13.1 Å². The van der Waals surface area contributed by atoms with Crippen molar-refractivity contribution >= 4 is 5.91 Å². The summed E-state index contributed by atoms with van der Waals surface area (Å²) in [6.45, 7) is 1.41. The van der Waals surface area contributed by atoms with Crippen LogP contribution in [0.3, 0.4) is 0 Å². The first-order valence-electron chi connectivity index (χ1n) is 7.07. The average Bonchev–Trinajstić information content (AvgIpc) is 2.72. The van der Waals surface area contributed by atoms with Crippen LogP contribution in [0.5, 0.6) is 0 Å². The van der Waals surface area contributed by atoms with Gasteiger partial charge in [-0.05, 0) is 25.8 Å². The van der Waals surface area contributed by atoms with E-state index in [1.54, 1.807) is 6.07 Å². The monoisotopic (exact) mass is 280 g/mol. The van der Waals surface area contributed by atoms with Crippen molar-refractivity contribution in [3.05, 3.63) is 35.9 Å². The highest BCUT2D eigenvalue weighted by molar-refractivity contribution is 5.85. The van der Waals surface area contributed by atoms with Crippen molar-refractivity contribution in [3.63, 3.8) is 0 Å². The molecule has 1 N–H and O–H groups in total. The second kappa shape index (κ2) is 5.13. The Morgan fingerprint density at radius 2 is 1.85 bits per heavy atom. The zero-order chi connectivity index (χ0) is 14.2. The molecule has 0 aromatic heterocycles. The van der Waals surface area contributed by atoms with Crippen LogP contribution in [0.4, 0.5) is 8.78 Å². The largest absolute Gasteiger partial charge is 0.349 e. The molecule has 1 amide bonds. The van der Waals surface area contributed by atoms with Gasteiger partial charge in [0.05, 0.1) is 0 Å². The van der Waals surface area contributed by atoms with E-state index >= 15 is 0 Å². The fourth-order valence-corrected chi connectivity index (χ4v) is 3.25. The van der Waals surface area contributed by atoms with E-state index in [0.717, 1.165) is 25.8 Å². The Labute approximate surface area is 117 Å². The number of hydrogen-bond acceptors (Lipinski definition) is 2. The smallest absolute Gasteiger partial charge is 0.330 e. The van der Waals surface area contributed by atoms with Crippen LogP contribution in [0.25, 0.3) is 0 Å². The van der Waals surface area contributed by atoms with Crippen LogP contribution in [-0.4, -0.2) is 36.0 Å². The third-order valence-electron chi connectivity index (χ3n) is 4.29. The Morgan fingerprint density at radius 3 is 2.60 bits per heavy atom. The molecule has 2 fully saturated rings.